The number of nitrogens with two attached hydrogens (primary N) is 1. The van der Waals surface area contributed by atoms with Crippen LogP contribution in [0, 0.1) is 13.8 Å². The van der Waals surface area contributed by atoms with Gasteiger partial charge < -0.3 is 15.8 Å². The molecule has 1 heterocycles. The molecule has 1 amide bonds. The Morgan fingerprint density at radius 2 is 1.96 bits per heavy atom. The molecule has 6 heteroatoms. The molecule has 0 unspecified atom stereocenters. The molecule has 2 aromatic carbocycles. The third kappa shape index (κ3) is 4.09. The highest BCUT2D eigenvalue weighted by Gasteiger charge is 2.23. The summed E-state index contributed by atoms with van der Waals surface area (Å²) in [4.78, 5) is 17.5. The van der Waals surface area contributed by atoms with Crippen LogP contribution in [0.1, 0.15) is 16.7 Å². The average Bonchev–Trinajstić information content (AvgIpc) is 3.03. The van der Waals surface area contributed by atoms with Crippen molar-refractivity contribution in [3.8, 4) is 0 Å². The van der Waals surface area contributed by atoms with Crippen LogP contribution in [-0.4, -0.2) is 25.2 Å². The lowest BCUT2D eigenvalue weighted by atomic mass is 10.1. The first kappa shape index (κ1) is 16.8. The van der Waals surface area contributed by atoms with E-state index in [1.807, 2.05) is 42.5 Å². The number of aliphatic imine (C=N–C) groups is 1. The molecule has 1 saturated heterocycles. The largest absolute Gasteiger partial charge is 0.447 e. The Balaban J connectivity index is 1.60. The minimum Gasteiger partial charge on any atom is -0.447 e. The van der Waals surface area contributed by atoms with Gasteiger partial charge in [-0.1, -0.05) is 18.2 Å². The second-order valence-corrected chi connectivity index (χ2v) is 6.06. The fraction of sp³-hybridized carbons (Fsp3) is 0.263. The number of carbonyl (C=O) groups is 1. The van der Waals surface area contributed by atoms with Crippen molar-refractivity contribution >= 4 is 23.4 Å². The zero-order valence-electron chi connectivity index (χ0n) is 14.5. The van der Waals surface area contributed by atoms with E-state index >= 15 is 0 Å². The van der Waals surface area contributed by atoms with Crippen LogP contribution in [-0.2, 0) is 11.3 Å². The Morgan fingerprint density at radius 3 is 2.60 bits per heavy atom. The first-order valence-electron chi connectivity index (χ1n) is 8.20. The molecule has 0 aliphatic carbocycles. The van der Waals surface area contributed by atoms with E-state index in [9.17, 15) is 4.79 Å². The zero-order chi connectivity index (χ0) is 17.8. The molecule has 25 heavy (non-hydrogen) atoms. The Bertz CT molecular complexity index is 800. The molecule has 6 nitrogen and oxygen atoms in total. The molecular weight excluding hydrogens is 316 g/mol. The van der Waals surface area contributed by atoms with Crippen molar-refractivity contribution < 1.29 is 9.53 Å². The van der Waals surface area contributed by atoms with Gasteiger partial charge in [0.05, 0.1) is 13.1 Å². The molecule has 0 radical (unpaired) electrons. The summed E-state index contributed by atoms with van der Waals surface area (Å²) in [6, 6.07) is 13.7. The highest BCUT2D eigenvalue weighted by Crippen LogP contribution is 2.19. The number of anilines is 2. The van der Waals surface area contributed by atoms with Gasteiger partial charge in [0.15, 0.2) is 5.96 Å². The number of amides is 1. The summed E-state index contributed by atoms with van der Waals surface area (Å²) in [7, 11) is 0. The molecule has 0 atom stereocenters. The summed E-state index contributed by atoms with van der Waals surface area (Å²) in [6.45, 7) is 5.62. The number of ether oxygens (including phenoxy) is 1. The van der Waals surface area contributed by atoms with Gasteiger partial charge in [0.1, 0.15) is 6.61 Å². The zero-order valence-corrected chi connectivity index (χ0v) is 14.5. The van der Waals surface area contributed by atoms with E-state index in [-0.39, 0.29) is 6.09 Å². The third-order valence-corrected chi connectivity index (χ3v) is 4.22. The molecule has 0 spiro atoms. The summed E-state index contributed by atoms with van der Waals surface area (Å²) >= 11 is 0. The van der Waals surface area contributed by atoms with Gasteiger partial charge in [0.2, 0.25) is 0 Å². The molecule has 130 valence electrons. The lowest BCUT2D eigenvalue weighted by Gasteiger charge is -2.12. The number of carbonyl (C=O) groups excluding carboxylic acids is 1. The van der Waals surface area contributed by atoms with Gasteiger partial charge in [-0.2, -0.15) is 0 Å². The second-order valence-electron chi connectivity index (χ2n) is 6.06. The maximum absolute atomic E-state index is 11.6. The van der Waals surface area contributed by atoms with Crippen LogP contribution in [0.15, 0.2) is 47.5 Å². The van der Waals surface area contributed by atoms with E-state index in [0.717, 1.165) is 16.9 Å². The minimum atomic E-state index is -0.299. The molecule has 0 aromatic heterocycles. The summed E-state index contributed by atoms with van der Waals surface area (Å²) in [5.74, 6) is 0.371. The fourth-order valence-electron chi connectivity index (χ4n) is 2.59. The lowest BCUT2D eigenvalue weighted by Crippen LogP contribution is -2.23. The van der Waals surface area contributed by atoms with E-state index < -0.39 is 0 Å². The molecule has 1 aliphatic rings. The number of rotatable bonds is 4. The molecule has 0 saturated carbocycles. The number of hydrogen-bond acceptors (Lipinski definition) is 3. The number of cyclic esters (lactones) is 1. The summed E-state index contributed by atoms with van der Waals surface area (Å²) in [5, 5.41) is 3.10. The molecule has 2 aromatic rings. The first-order valence-corrected chi connectivity index (χ1v) is 8.20. The van der Waals surface area contributed by atoms with Crippen molar-refractivity contribution in [2.75, 3.05) is 23.4 Å². The smallest absolute Gasteiger partial charge is 0.414 e. The van der Waals surface area contributed by atoms with Crippen LogP contribution in [0.25, 0.3) is 0 Å². The first-order chi connectivity index (χ1) is 12.0. The van der Waals surface area contributed by atoms with Crippen LogP contribution in [0.5, 0.6) is 0 Å². The van der Waals surface area contributed by atoms with Gasteiger partial charge in [-0.05, 0) is 54.8 Å². The van der Waals surface area contributed by atoms with Crippen molar-refractivity contribution in [1.82, 2.24) is 0 Å². The highest BCUT2D eigenvalue weighted by atomic mass is 16.6. The fourth-order valence-corrected chi connectivity index (χ4v) is 2.59. The van der Waals surface area contributed by atoms with Crippen LogP contribution in [0.2, 0.25) is 0 Å². The molecular formula is C19H22N4O2. The number of hydrogen-bond donors (Lipinski definition) is 2. The van der Waals surface area contributed by atoms with Crippen molar-refractivity contribution in [3.63, 3.8) is 0 Å². The van der Waals surface area contributed by atoms with Crippen molar-refractivity contribution in [1.29, 1.82) is 0 Å². The van der Waals surface area contributed by atoms with E-state index in [1.165, 1.54) is 11.1 Å². The van der Waals surface area contributed by atoms with E-state index in [0.29, 0.717) is 25.7 Å². The monoisotopic (exact) mass is 338 g/mol. The Kier molecular flexibility index (Phi) is 4.88. The quantitative estimate of drug-likeness (QED) is 0.663. The molecule has 3 rings (SSSR count). The topological polar surface area (TPSA) is 79.9 Å². The Morgan fingerprint density at radius 1 is 1.20 bits per heavy atom. The van der Waals surface area contributed by atoms with Crippen LogP contribution < -0.4 is 16.0 Å². The molecule has 3 N–H and O–H groups in total. The SMILES string of the molecule is Cc1ccc(NC(N)=NCc2ccc(N3CCOC3=O)cc2)cc1C. The van der Waals surface area contributed by atoms with Crippen molar-refractivity contribution in [3.05, 3.63) is 59.2 Å². The molecule has 0 bridgehead atoms. The van der Waals surface area contributed by atoms with Crippen LogP contribution in [0.3, 0.4) is 0 Å². The molecule has 1 fully saturated rings. The van der Waals surface area contributed by atoms with Crippen molar-refractivity contribution in [2.24, 2.45) is 10.7 Å². The maximum Gasteiger partial charge on any atom is 0.414 e. The van der Waals surface area contributed by atoms with Crippen molar-refractivity contribution in [2.45, 2.75) is 20.4 Å². The standard InChI is InChI=1S/C19H22N4O2/c1-13-3-6-16(11-14(13)2)22-18(20)21-12-15-4-7-17(8-5-15)23-9-10-25-19(23)24/h3-8,11H,9-10,12H2,1-2H3,(H3,20,21,22). The average molecular weight is 338 g/mol. The number of benzene rings is 2. The van der Waals surface area contributed by atoms with Crippen LogP contribution >= 0.6 is 0 Å². The number of aryl methyl sites for hydroxylation is 2. The number of nitrogens with one attached hydrogen (secondary N) is 1. The van der Waals surface area contributed by atoms with Crippen LogP contribution in [0.4, 0.5) is 16.2 Å². The van der Waals surface area contributed by atoms with Gasteiger partial charge in [-0.25, -0.2) is 9.79 Å². The predicted octanol–water partition coefficient (Wildman–Crippen LogP) is 3.19. The number of nitrogens with zero attached hydrogens (tertiary/aromatic N) is 2. The molecule has 1 aliphatic heterocycles. The normalized spacial score (nSPS) is 14.6. The Hall–Kier alpha value is -3.02. The van der Waals surface area contributed by atoms with Gasteiger partial charge in [-0.15, -0.1) is 0 Å². The van der Waals surface area contributed by atoms with Gasteiger partial charge >= 0.3 is 6.09 Å². The maximum atomic E-state index is 11.6. The highest BCUT2D eigenvalue weighted by molar-refractivity contribution is 5.92. The van der Waals surface area contributed by atoms with Gasteiger partial charge in [-0.3, -0.25) is 4.90 Å². The lowest BCUT2D eigenvalue weighted by molar-refractivity contribution is 0.181. The summed E-state index contributed by atoms with van der Waals surface area (Å²) < 4.78 is 4.94. The van der Waals surface area contributed by atoms with E-state index in [4.69, 9.17) is 10.5 Å². The predicted molar refractivity (Wildman–Crippen MR) is 100 cm³/mol. The van der Waals surface area contributed by atoms with Gasteiger partial charge in [0.25, 0.3) is 0 Å². The van der Waals surface area contributed by atoms with E-state index in [2.05, 4.69) is 24.2 Å². The van der Waals surface area contributed by atoms with Gasteiger partial charge in [0, 0.05) is 11.4 Å². The summed E-state index contributed by atoms with van der Waals surface area (Å²) in [6.07, 6.45) is -0.299. The Labute approximate surface area is 147 Å². The second kappa shape index (κ2) is 7.25. The minimum absolute atomic E-state index is 0.299. The number of guanidine groups is 1. The summed E-state index contributed by atoms with van der Waals surface area (Å²) in [5.41, 5.74) is 11.2. The van der Waals surface area contributed by atoms with E-state index in [1.54, 1.807) is 4.90 Å². The third-order valence-electron chi connectivity index (χ3n) is 4.22.